The normalized spacial score (nSPS) is 29.2. The summed E-state index contributed by atoms with van der Waals surface area (Å²) < 4.78 is 28.5. The van der Waals surface area contributed by atoms with E-state index in [-0.39, 0.29) is 12.0 Å². The molecule has 1 fully saturated rings. The van der Waals surface area contributed by atoms with Crippen LogP contribution >= 0.6 is 0 Å². The zero-order valence-electron chi connectivity index (χ0n) is 10.6. The number of hydrogen-bond acceptors (Lipinski definition) is 5. The highest BCUT2D eigenvalue weighted by Gasteiger charge is 2.41. The molecule has 0 aromatic heterocycles. The molecule has 0 radical (unpaired) electrons. The van der Waals surface area contributed by atoms with Gasteiger partial charge in [0.2, 0.25) is 0 Å². The third-order valence-electron chi connectivity index (χ3n) is 3.46. The van der Waals surface area contributed by atoms with Gasteiger partial charge in [0.25, 0.3) is 0 Å². The van der Waals surface area contributed by atoms with Crippen LogP contribution in [0.2, 0.25) is 0 Å². The molecule has 0 heterocycles. The maximum Gasteiger partial charge on any atom is 0.320 e. The van der Waals surface area contributed by atoms with Crippen molar-refractivity contribution in [3.8, 4) is 0 Å². The van der Waals surface area contributed by atoms with E-state index < -0.39 is 26.8 Å². The van der Waals surface area contributed by atoms with Crippen LogP contribution in [0.5, 0.6) is 0 Å². The Labute approximate surface area is 103 Å². The zero-order chi connectivity index (χ0) is 13.1. The van der Waals surface area contributed by atoms with Gasteiger partial charge in [0.15, 0.2) is 9.84 Å². The predicted molar refractivity (Wildman–Crippen MR) is 65.5 cm³/mol. The van der Waals surface area contributed by atoms with Gasteiger partial charge in [-0.2, -0.15) is 0 Å². The average molecular weight is 263 g/mol. The Bertz CT molecular complexity index is 366. The highest BCUT2D eigenvalue weighted by molar-refractivity contribution is 7.92. The summed E-state index contributed by atoms with van der Waals surface area (Å²) in [5, 5.41) is 2.86. The molecule has 1 rings (SSSR count). The summed E-state index contributed by atoms with van der Waals surface area (Å²) >= 11 is 0. The second kappa shape index (κ2) is 5.82. The Balaban J connectivity index is 2.71. The van der Waals surface area contributed by atoms with Crippen LogP contribution in [0, 0.1) is 5.92 Å². The number of carbonyl (C=O) groups is 1. The van der Waals surface area contributed by atoms with E-state index >= 15 is 0 Å². The largest absolute Gasteiger partial charge is 0.468 e. The van der Waals surface area contributed by atoms with Crippen molar-refractivity contribution in [1.82, 2.24) is 5.32 Å². The molecule has 0 aliphatic heterocycles. The highest BCUT2D eigenvalue weighted by Crippen LogP contribution is 2.31. The van der Waals surface area contributed by atoms with E-state index in [1.165, 1.54) is 7.11 Å². The van der Waals surface area contributed by atoms with Gasteiger partial charge in [0, 0.05) is 6.04 Å². The molecule has 3 atom stereocenters. The van der Waals surface area contributed by atoms with Crippen molar-refractivity contribution in [2.24, 2.45) is 5.92 Å². The van der Waals surface area contributed by atoms with E-state index in [1.54, 1.807) is 0 Å². The van der Waals surface area contributed by atoms with Crippen molar-refractivity contribution in [2.45, 2.75) is 38.0 Å². The summed E-state index contributed by atoms with van der Waals surface area (Å²) in [6.07, 6.45) is 1.47. The van der Waals surface area contributed by atoms with E-state index in [4.69, 9.17) is 0 Å². The molecular formula is C11H21NO4S. The van der Waals surface area contributed by atoms with Gasteiger partial charge in [-0.05, 0) is 25.3 Å². The molecule has 6 heteroatoms. The van der Waals surface area contributed by atoms with Crippen LogP contribution in [0.3, 0.4) is 0 Å². The molecule has 0 aromatic carbocycles. The summed E-state index contributed by atoms with van der Waals surface area (Å²) in [6, 6.07) is 0.234. The van der Waals surface area contributed by atoms with Crippen LogP contribution in [0.25, 0.3) is 0 Å². The summed E-state index contributed by atoms with van der Waals surface area (Å²) in [5.74, 6) is -1.13. The van der Waals surface area contributed by atoms with E-state index in [0.29, 0.717) is 6.42 Å². The van der Waals surface area contributed by atoms with Crippen molar-refractivity contribution >= 4 is 15.8 Å². The zero-order valence-corrected chi connectivity index (χ0v) is 11.4. The van der Waals surface area contributed by atoms with Crippen LogP contribution < -0.4 is 5.32 Å². The first-order chi connectivity index (χ1) is 7.92. The fourth-order valence-corrected chi connectivity index (χ4v) is 4.52. The van der Waals surface area contributed by atoms with Gasteiger partial charge in [0.05, 0.1) is 12.4 Å². The number of sulfone groups is 1. The molecule has 0 aromatic rings. The second-order valence-electron chi connectivity index (χ2n) is 4.52. The monoisotopic (exact) mass is 263 g/mol. The fraction of sp³-hybridized carbons (Fsp3) is 0.909. The Morgan fingerprint density at radius 3 is 2.59 bits per heavy atom. The molecule has 100 valence electrons. The Morgan fingerprint density at radius 1 is 1.41 bits per heavy atom. The quantitative estimate of drug-likeness (QED) is 0.725. The van der Waals surface area contributed by atoms with E-state index in [2.05, 4.69) is 10.1 Å². The topological polar surface area (TPSA) is 72.5 Å². The first-order valence-electron chi connectivity index (χ1n) is 5.94. The van der Waals surface area contributed by atoms with Gasteiger partial charge in [-0.25, -0.2) is 8.42 Å². The number of esters is 1. The second-order valence-corrected chi connectivity index (χ2v) is 6.74. The molecule has 0 bridgehead atoms. The minimum atomic E-state index is -3.39. The number of rotatable bonds is 5. The molecule has 0 spiro atoms. The number of carbonyl (C=O) groups excluding carboxylic acids is 1. The van der Waals surface area contributed by atoms with Gasteiger partial charge < -0.3 is 10.1 Å². The number of hydrogen-bond donors (Lipinski definition) is 1. The molecule has 1 aliphatic carbocycles. The van der Waals surface area contributed by atoms with Crippen LogP contribution in [0.4, 0.5) is 0 Å². The first-order valence-corrected chi connectivity index (χ1v) is 7.65. The lowest BCUT2D eigenvalue weighted by Gasteiger charge is -2.21. The average Bonchev–Trinajstić information content (AvgIpc) is 2.61. The van der Waals surface area contributed by atoms with Crippen molar-refractivity contribution in [2.75, 3.05) is 19.4 Å². The first kappa shape index (κ1) is 14.4. The minimum absolute atomic E-state index is 0.0459. The molecule has 17 heavy (non-hydrogen) atoms. The standard InChI is InChI=1S/C11H21NO4S/c1-4-12-9-5-6-10(8(9)2)17(14,15)7-11(13)16-3/h8-10,12H,4-7H2,1-3H3. The third kappa shape index (κ3) is 3.42. The van der Waals surface area contributed by atoms with E-state index in [0.717, 1.165) is 13.0 Å². The maximum atomic E-state index is 12.0. The van der Waals surface area contributed by atoms with Crippen LogP contribution in [0.15, 0.2) is 0 Å². The third-order valence-corrected chi connectivity index (χ3v) is 5.68. The lowest BCUT2D eigenvalue weighted by molar-refractivity contribution is -0.137. The smallest absolute Gasteiger partial charge is 0.320 e. The van der Waals surface area contributed by atoms with Crippen LogP contribution in [0.1, 0.15) is 26.7 Å². The highest BCUT2D eigenvalue weighted by atomic mass is 32.2. The Morgan fingerprint density at radius 2 is 2.06 bits per heavy atom. The van der Waals surface area contributed by atoms with E-state index in [1.807, 2.05) is 13.8 Å². The molecule has 5 nitrogen and oxygen atoms in total. The molecule has 0 saturated heterocycles. The maximum absolute atomic E-state index is 12.0. The summed E-state index contributed by atoms with van der Waals surface area (Å²) in [7, 11) is -2.18. The van der Waals surface area contributed by atoms with Crippen LogP contribution in [-0.4, -0.2) is 45.1 Å². The Kier molecular flexibility index (Phi) is 4.94. The number of methoxy groups -OCH3 is 1. The molecule has 0 amide bonds. The molecule has 1 N–H and O–H groups in total. The molecular weight excluding hydrogens is 242 g/mol. The SMILES string of the molecule is CCNC1CCC(S(=O)(=O)CC(=O)OC)C1C. The van der Waals surface area contributed by atoms with Gasteiger partial charge >= 0.3 is 5.97 Å². The predicted octanol–water partition coefficient (Wildman–Crippen LogP) is 0.351. The summed E-state index contributed by atoms with van der Waals surface area (Å²) in [6.45, 7) is 4.77. The van der Waals surface area contributed by atoms with Crippen LogP contribution in [-0.2, 0) is 19.4 Å². The van der Waals surface area contributed by atoms with E-state index in [9.17, 15) is 13.2 Å². The van der Waals surface area contributed by atoms with Crippen molar-refractivity contribution in [1.29, 1.82) is 0 Å². The number of nitrogens with one attached hydrogen (secondary N) is 1. The number of ether oxygens (including phenoxy) is 1. The van der Waals surface area contributed by atoms with Crippen molar-refractivity contribution in [3.63, 3.8) is 0 Å². The van der Waals surface area contributed by atoms with Gasteiger partial charge in [-0.3, -0.25) is 4.79 Å². The van der Waals surface area contributed by atoms with Gasteiger partial charge in [-0.1, -0.05) is 13.8 Å². The van der Waals surface area contributed by atoms with Gasteiger partial charge in [-0.15, -0.1) is 0 Å². The molecule has 1 saturated carbocycles. The fourth-order valence-electron chi connectivity index (χ4n) is 2.52. The minimum Gasteiger partial charge on any atom is -0.468 e. The van der Waals surface area contributed by atoms with Gasteiger partial charge in [0.1, 0.15) is 5.75 Å². The molecule has 1 aliphatic rings. The lowest BCUT2D eigenvalue weighted by atomic mass is 10.1. The van der Waals surface area contributed by atoms with Crippen molar-refractivity contribution < 1.29 is 17.9 Å². The Hall–Kier alpha value is -0.620. The lowest BCUT2D eigenvalue weighted by Crippen LogP contribution is -2.38. The van der Waals surface area contributed by atoms with Crippen molar-refractivity contribution in [3.05, 3.63) is 0 Å². The summed E-state index contributed by atoms with van der Waals surface area (Å²) in [4.78, 5) is 11.1. The summed E-state index contributed by atoms with van der Waals surface area (Å²) in [5.41, 5.74) is 0. The molecule has 3 unspecified atom stereocenters.